The van der Waals surface area contributed by atoms with Crippen LogP contribution in [0.25, 0.3) is 0 Å². The van der Waals surface area contributed by atoms with E-state index in [4.69, 9.17) is 0 Å². The number of aromatic nitrogens is 2. The predicted molar refractivity (Wildman–Crippen MR) is 109 cm³/mol. The molecule has 0 spiro atoms. The van der Waals surface area contributed by atoms with Gasteiger partial charge in [0.2, 0.25) is 5.82 Å². The van der Waals surface area contributed by atoms with Gasteiger partial charge in [-0.05, 0) is 74.6 Å². The van der Waals surface area contributed by atoms with Crippen molar-refractivity contribution in [3.05, 3.63) is 59.4 Å². The molecule has 2 N–H and O–H groups in total. The second kappa shape index (κ2) is 7.50. The van der Waals surface area contributed by atoms with Gasteiger partial charge in [-0.25, -0.2) is 14.4 Å². The van der Waals surface area contributed by atoms with E-state index in [1.165, 1.54) is 18.2 Å². The third-order valence-corrected chi connectivity index (χ3v) is 7.05. The minimum absolute atomic E-state index is 0.226. The van der Waals surface area contributed by atoms with Crippen LogP contribution < -0.4 is 10.6 Å². The summed E-state index contributed by atoms with van der Waals surface area (Å²) in [6, 6.07) is 6.63. The lowest BCUT2D eigenvalue weighted by atomic mass is 9.49. The number of carbonyl (C=O) groups is 2. The van der Waals surface area contributed by atoms with Gasteiger partial charge >= 0.3 is 6.18 Å². The maximum atomic E-state index is 13.6. The molecule has 4 bridgehead atoms. The highest BCUT2D eigenvalue weighted by Crippen LogP contribution is 2.57. The van der Waals surface area contributed by atoms with Crippen LogP contribution in [0.5, 0.6) is 0 Å². The molecule has 1 aromatic heterocycles. The van der Waals surface area contributed by atoms with Gasteiger partial charge in [0.25, 0.3) is 11.8 Å². The zero-order valence-electron chi connectivity index (χ0n) is 17.6. The van der Waals surface area contributed by atoms with Gasteiger partial charge in [-0.1, -0.05) is 6.07 Å². The molecular weight excluding hydrogens is 440 g/mol. The molecule has 1 heterocycles. The lowest BCUT2D eigenvalue weighted by Gasteiger charge is -2.62. The lowest BCUT2D eigenvalue weighted by molar-refractivity contribution is -0.145. The fraction of sp³-hybridized carbons (Fsp3) is 0.478. The predicted octanol–water partition coefficient (Wildman–Crippen LogP) is 3.89. The van der Waals surface area contributed by atoms with Gasteiger partial charge in [0.05, 0.1) is 0 Å². The van der Waals surface area contributed by atoms with Gasteiger partial charge in [-0.3, -0.25) is 9.59 Å². The van der Waals surface area contributed by atoms with Crippen molar-refractivity contribution in [2.75, 3.05) is 0 Å². The maximum absolute atomic E-state index is 13.6. The van der Waals surface area contributed by atoms with Crippen molar-refractivity contribution in [2.45, 2.75) is 55.8 Å². The summed E-state index contributed by atoms with van der Waals surface area (Å²) in [7, 11) is 0. The number of hydrogen-bond donors (Lipinski definition) is 2. The molecule has 10 heteroatoms. The van der Waals surface area contributed by atoms with Gasteiger partial charge in [-0.15, -0.1) is 0 Å². The lowest BCUT2D eigenvalue weighted by Crippen LogP contribution is -2.69. The van der Waals surface area contributed by atoms with Gasteiger partial charge in [0.15, 0.2) is 0 Å². The number of nitrogens with zero attached hydrogens (tertiary/aromatic N) is 2. The summed E-state index contributed by atoms with van der Waals surface area (Å²) in [6.07, 6.45) is 0.543. The van der Waals surface area contributed by atoms with Crippen molar-refractivity contribution in [2.24, 2.45) is 11.8 Å². The van der Waals surface area contributed by atoms with E-state index in [-0.39, 0.29) is 29.0 Å². The van der Waals surface area contributed by atoms with Gasteiger partial charge < -0.3 is 10.6 Å². The van der Waals surface area contributed by atoms with E-state index in [0.29, 0.717) is 19.3 Å². The number of alkyl halides is 3. The fourth-order valence-electron chi connectivity index (χ4n) is 6.42. The van der Waals surface area contributed by atoms with Crippen LogP contribution in [0.15, 0.2) is 36.5 Å². The minimum Gasteiger partial charge on any atom is -0.346 e. The molecule has 2 atom stereocenters. The van der Waals surface area contributed by atoms with Crippen LogP contribution in [0.1, 0.15) is 65.2 Å². The van der Waals surface area contributed by atoms with Gasteiger partial charge in [0, 0.05) is 22.8 Å². The summed E-state index contributed by atoms with van der Waals surface area (Å²) in [5.41, 5.74) is -1.31. The molecule has 2 amide bonds. The van der Waals surface area contributed by atoms with Crippen molar-refractivity contribution in [1.82, 2.24) is 20.6 Å². The quantitative estimate of drug-likeness (QED) is 0.676. The fourth-order valence-corrected chi connectivity index (χ4v) is 6.42. The molecule has 4 saturated carbocycles. The molecule has 4 aliphatic carbocycles. The van der Waals surface area contributed by atoms with E-state index >= 15 is 0 Å². The Morgan fingerprint density at radius 2 is 1.61 bits per heavy atom. The second-order valence-electron chi connectivity index (χ2n) is 9.70. The monoisotopic (exact) mass is 462 g/mol. The number of nitrogens with one attached hydrogen (secondary N) is 2. The summed E-state index contributed by atoms with van der Waals surface area (Å²) in [5, 5.41) is 6.06. The van der Waals surface area contributed by atoms with Crippen LogP contribution in [0.3, 0.4) is 0 Å². The molecule has 2 unspecified atom stereocenters. The van der Waals surface area contributed by atoms with E-state index in [2.05, 4.69) is 20.6 Å². The Labute approximate surface area is 187 Å². The third kappa shape index (κ3) is 4.18. The van der Waals surface area contributed by atoms with Crippen LogP contribution in [-0.4, -0.2) is 32.9 Å². The molecule has 2 aromatic rings. The average molecular weight is 462 g/mol. The first-order valence-electron chi connectivity index (χ1n) is 10.9. The number of carbonyl (C=O) groups excluding carboxylic acids is 2. The highest BCUT2D eigenvalue weighted by atomic mass is 19.4. The number of rotatable bonds is 4. The summed E-state index contributed by atoms with van der Waals surface area (Å²) in [6.45, 7) is 0. The Kier molecular flexibility index (Phi) is 4.95. The highest BCUT2D eigenvalue weighted by molar-refractivity contribution is 5.95. The van der Waals surface area contributed by atoms with Gasteiger partial charge in [0.1, 0.15) is 11.5 Å². The Morgan fingerprint density at radius 3 is 2.21 bits per heavy atom. The average Bonchev–Trinajstić information content (AvgIpc) is 2.71. The molecule has 0 aliphatic heterocycles. The first-order valence-corrected chi connectivity index (χ1v) is 10.9. The molecule has 0 radical (unpaired) electrons. The maximum Gasteiger partial charge on any atom is 0.451 e. The number of amides is 2. The van der Waals surface area contributed by atoms with E-state index in [1.807, 2.05) is 0 Å². The first-order chi connectivity index (χ1) is 15.5. The van der Waals surface area contributed by atoms with Crippen LogP contribution in [0, 0.1) is 17.7 Å². The molecule has 6 rings (SSSR count). The highest BCUT2D eigenvalue weighted by Gasteiger charge is 2.59. The minimum atomic E-state index is -4.75. The Balaban J connectivity index is 1.37. The topological polar surface area (TPSA) is 84.0 Å². The van der Waals surface area contributed by atoms with Crippen molar-refractivity contribution in [3.63, 3.8) is 0 Å². The van der Waals surface area contributed by atoms with Crippen molar-refractivity contribution >= 4 is 11.8 Å². The largest absolute Gasteiger partial charge is 0.451 e. The Bertz CT molecular complexity index is 1110. The molecule has 6 nitrogen and oxygen atoms in total. The molecule has 4 fully saturated rings. The van der Waals surface area contributed by atoms with Crippen LogP contribution in [0.2, 0.25) is 0 Å². The Morgan fingerprint density at radius 1 is 0.970 bits per heavy atom. The zero-order chi connectivity index (χ0) is 23.4. The van der Waals surface area contributed by atoms with Gasteiger partial charge in [-0.2, -0.15) is 13.2 Å². The first kappa shape index (κ1) is 21.8. The molecule has 174 valence electrons. The Hall–Kier alpha value is -3.04. The van der Waals surface area contributed by atoms with E-state index in [1.54, 1.807) is 6.07 Å². The molecule has 4 aliphatic rings. The van der Waals surface area contributed by atoms with Crippen LogP contribution >= 0.6 is 0 Å². The number of benzene rings is 1. The van der Waals surface area contributed by atoms with Crippen LogP contribution in [0.4, 0.5) is 17.6 Å². The second-order valence-corrected chi connectivity index (χ2v) is 9.70. The van der Waals surface area contributed by atoms with Crippen molar-refractivity contribution in [1.29, 1.82) is 0 Å². The summed E-state index contributed by atoms with van der Waals surface area (Å²) >= 11 is 0. The van der Waals surface area contributed by atoms with Crippen molar-refractivity contribution in [3.8, 4) is 0 Å². The molecule has 33 heavy (non-hydrogen) atoms. The molecule has 1 aromatic carbocycles. The smallest absolute Gasteiger partial charge is 0.346 e. The van der Waals surface area contributed by atoms with E-state index in [0.717, 1.165) is 31.5 Å². The third-order valence-electron chi connectivity index (χ3n) is 7.05. The SMILES string of the molecule is O=C(NC12CC3CC(C1)CC(NC(=O)c1ccnc(C(F)(F)F)n1)(C3)C2)c1cccc(F)c1. The van der Waals surface area contributed by atoms with Crippen molar-refractivity contribution < 1.29 is 27.2 Å². The summed E-state index contributed by atoms with van der Waals surface area (Å²) < 4.78 is 52.5. The molecular formula is C23H22F4N4O2. The van der Waals surface area contributed by atoms with E-state index in [9.17, 15) is 27.2 Å². The summed E-state index contributed by atoms with van der Waals surface area (Å²) in [4.78, 5) is 32.4. The standard InChI is InChI=1S/C23H22F4N4O2/c24-16-3-1-2-15(7-16)18(32)30-21-8-13-6-14(9-21)11-22(10-13,12-21)31-19(33)17-4-5-28-20(29-17)23(25,26)27/h1-5,7,13-14H,6,8-12H2,(H,30,32)(H,31,33). The van der Waals surface area contributed by atoms with Crippen LogP contribution in [-0.2, 0) is 6.18 Å². The number of halogens is 4. The zero-order valence-corrected chi connectivity index (χ0v) is 17.6. The normalized spacial score (nSPS) is 30.2. The number of hydrogen-bond acceptors (Lipinski definition) is 4. The summed E-state index contributed by atoms with van der Waals surface area (Å²) in [5.74, 6) is -2.37. The van der Waals surface area contributed by atoms with E-state index < -0.39 is 34.8 Å². The molecule has 0 saturated heterocycles.